The molecule has 0 heterocycles. The molecular formula is C6H12FNO3. The van der Waals surface area contributed by atoms with Crippen LogP contribution in [0.5, 0.6) is 0 Å². The Labute approximate surface area is 64.0 Å². The Morgan fingerprint density at radius 2 is 2.27 bits per heavy atom. The van der Waals surface area contributed by atoms with E-state index in [9.17, 15) is 9.18 Å². The van der Waals surface area contributed by atoms with Gasteiger partial charge < -0.3 is 15.5 Å². The second-order valence-electron chi connectivity index (χ2n) is 2.17. The van der Waals surface area contributed by atoms with Crippen molar-refractivity contribution >= 4 is 6.09 Å². The summed E-state index contributed by atoms with van der Waals surface area (Å²) in [6.45, 7) is -0.774. The minimum Gasteiger partial charge on any atom is -0.465 e. The van der Waals surface area contributed by atoms with Crippen LogP contribution in [0.4, 0.5) is 9.18 Å². The summed E-state index contributed by atoms with van der Waals surface area (Å²) in [5, 5.41) is 18.5. The third-order valence-corrected chi connectivity index (χ3v) is 1.22. The van der Waals surface area contributed by atoms with Crippen molar-refractivity contribution in [1.82, 2.24) is 5.32 Å². The highest BCUT2D eigenvalue weighted by molar-refractivity contribution is 5.64. The number of halogens is 1. The first-order chi connectivity index (χ1) is 5.20. The van der Waals surface area contributed by atoms with Crippen molar-refractivity contribution in [1.29, 1.82) is 0 Å². The number of carbonyl (C=O) groups is 1. The summed E-state index contributed by atoms with van der Waals surface area (Å²) in [5.74, 6) is 0. The topological polar surface area (TPSA) is 69.6 Å². The molecule has 0 aliphatic heterocycles. The molecule has 0 aromatic rings. The van der Waals surface area contributed by atoms with Gasteiger partial charge in [0.2, 0.25) is 0 Å². The maximum atomic E-state index is 11.9. The van der Waals surface area contributed by atoms with Crippen LogP contribution < -0.4 is 5.32 Å². The van der Waals surface area contributed by atoms with Crippen LogP contribution in [-0.4, -0.2) is 35.6 Å². The van der Waals surface area contributed by atoms with Crippen LogP contribution >= 0.6 is 0 Å². The first kappa shape index (κ1) is 10.2. The van der Waals surface area contributed by atoms with Crippen LogP contribution in [0.1, 0.15) is 12.8 Å². The lowest BCUT2D eigenvalue weighted by molar-refractivity contribution is 0.183. The third kappa shape index (κ3) is 5.60. The SMILES string of the molecule is O=C(O)NC(CF)CCCO. The fourth-order valence-corrected chi connectivity index (χ4v) is 0.700. The van der Waals surface area contributed by atoms with E-state index >= 15 is 0 Å². The molecule has 66 valence electrons. The summed E-state index contributed by atoms with van der Waals surface area (Å²) in [4.78, 5) is 9.99. The molecule has 0 rings (SSSR count). The van der Waals surface area contributed by atoms with Gasteiger partial charge in [0, 0.05) is 6.61 Å². The van der Waals surface area contributed by atoms with Crippen LogP contribution in [0.3, 0.4) is 0 Å². The van der Waals surface area contributed by atoms with Crippen molar-refractivity contribution in [2.75, 3.05) is 13.3 Å². The molecule has 1 unspecified atom stereocenters. The molecule has 0 aromatic heterocycles. The molecule has 0 bridgehead atoms. The van der Waals surface area contributed by atoms with Crippen molar-refractivity contribution in [3.63, 3.8) is 0 Å². The Balaban J connectivity index is 3.49. The molecular weight excluding hydrogens is 153 g/mol. The number of hydrogen-bond donors (Lipinski definition) is 3. The number of aliphatic hydroxyl groups is 1. The van der Waals surface area contributed by atoms with Gasteiger partial charge in [-0.2, -0.15) is 0 Å². The second kappa shape index (κ2) is 5.91. The standard InChI is InChI=1S/C6H12FNO3/c7-4-5(2-1-3-9)8-6(10)11/h5,8-9H,1-4H2,(H,10,11). The van der Waals surface area contributed by atoms with Crippen molar-refractivity contribution in [2.24, 2.45) is 0 Å². The lowest BCUT2D eigenvalue weighted by atomic mass is 10.2. The highest BCUT2D eigenvalue weighted by Crippen LogP contribution is 1.96. The monoisotopic (exact) mass is 165 g/mol. The molecule has 0 aromatic carbocycles. The van der Waals surface area contributed by atoms with E-state index in [-0.39, 0.29) is 6.61 Å². The molecule has 11 heavy (non-hydrogen) atoms. The molecule has 0 aliphatic carbocycles. The molecule has 0 saturated carbocycles. The van der Waals surface area contributed by atoms with Gasteiger partial charge in [-0.1, -0.05) is 0 Å². The lowest BCUT2D eigenvalue weighted by Crippen LogP contribution is -2.35. The summed E-state index contributed by atoms with van der Waals surface area (Å²) in [7, 11) is 0. The Morgan fingerprint density at radius 3 is 2.64 bits per heavy atom. The lowest BCUT2D eigenvalue weighted by Gasteiger charge is -2.11. The van der Waals surface area contributed by atoms with E-state index in [4.69, 9.17) is 10.2 Å². The molecule has 0 aliphatic rings. The van der Waals surface area contributed by atoms with Crippen molar-refractivity contribution < 1.29 is 19.4 Å². The zero-order valence-electron chi connectivity index (χ0n) is 6.09. The predicted octanol–water partition coefficient (Wildman–Crippen LogP) is 0.365. The number of rotatable bonds is 5. The smallest absolute Gasteiger partial charge is 0.404 e. The summed E-state index contributed by atoms with van der Waals surface area (Å²) < 4.78 is 11.9. The van der Waals surface area contributed by atoms with Gasteiger partial charge in [-0.25, -0.2) is 9.18 Å². The average Bonchev–Trinajstić information content (AvgIpc) is 1.97. The maximum absolute atomic E-state index is 11.9. The van der Waals surface area contributed by atoms with Gasteiger partial charge in [0.1, 0.15) is 6.67 Å². The van der Waals surface area contributed by atoms with Crippen LogP contribution in [0.15, 0.2) is 0 Å². The largest absolute Gasteiger partial charge is 0.465 e. The van der Waals surface area contributed by atoms with Gasteiger partial charge in [0.15, 0.2) is 0 Å². The summed E-state index contributed by atoms with van der Waals surface area (Å²) >= 11 is 0. The zero-order valence-corrected chi connectivity index (χ0v) is 6.09. The molecule has 5 heteroatoms. The normalized spacial score (nSPS) is 12.5. The van der Waals surface area contributed by atoms with E-state index in [0.29, 0.717) is 12.8 Å². The summed E-state index contributed by atoms with van der Waals surface area (Å²) in [6.07, 6.45) is -0.487. The van der Waals surface area contributed by atoms with Crippen LogP contribution in [-0.2, 0) is 0 Å². The summed E-state index contributed by atoms with van der Waals surface area (Å²) in [6, 6.07) is -0.681. The molecule has 4 nitrogen and oxygen atoms in total. The number of alkyl halides is 1. The molecule has 1 amide bonds. The van der Waals surface area contributed by atoms with E-state index in [1.165, 1.54) is 0 Å². The Hall–Kier alpha value is -0.840. The fourth-order valence-electron chi connectivity index (χ4n) is 0.700. The number of nitrogens with one attached hydrogen (secondary N) is 1. The van der Waals surface area contributed by atoms with Gasteiger partial charge >= 0.3 is 6.09 Å². The van der Waals surface area contributed by atoms with Crippen LogP contribution in [0, 0.1) is 0 Å². The van der Waals surface area contributed by atoms with Crippen molar-refractivity contribution in [2.45, 2.75) is 18.9 Å². The van der Waals surface area contributed by atoms with E-state index in [1.807, 2.05) is 5.32 Å². The van der Waals surface area contributed by atoms with Gasteiger partial charge in [0.25, 0.3) is 0 Å². The quantitative estimate of drug-likeness (QED) is 0.551. The van der Waals surface area contributed by atoms with Gasteiger partial charge in [-0.05, 0) is 12.8 Å². The highest BCUT2D eigenvalue weighted by Gasteiger charge is 2.09. The third-order valence-electron chi connectivity index (χ3n) is 1.22. The number of amides is 1. The molecule has 0 spiro atoms. The molecule has 0 radical (unpaired) electrons. The van der Waals surface area contributed by atoms with E-state index in [1.54, 1.807) is 0 Å². The van der Waals surface area contributed by atoms with Gasteiger partial charge in [-0.15, -0.1) is 0 Å². The molecule has 1 atom stereocenters. The first-order valence-corrected chi connectivity index (χ1v) is 3.37. The fraction of sp³-hybridized carbons (Fsp3) is 0.833. The summed E-state index contributed by atoms with van der Waals surface area (Å²) in [5.41, 5.74) is 0. The Kier molecular flexibility index (Phi) is 5.46. The van der Waals surface area contributed by atoms with Crippen LogP contribution in [0.2, 0.25) is 0 Å². The number of aliphatic hydroxyl groups excluding tert-OH is 1. The molecule has 0 fully saturated rings. The maximum Gasteiger partial charge on any atom is 0.404 e. The van der Waals surface area contributed by atoms with E-state index in [2.05, 4.69) is 0 Å². The second-order valence-corrected chi connectivity index (χ2v) is 2.17. The van der Waals surface area contributed by atoms with E-state index < -0.39 is 18.8 Å². The van der Waals surface area contributed by atoms with E-state index in [0.717, 1.165) is 0 Å². The van der Waals surface area contributed by atoms with Crippen LogP contribution in [0.25, 0.3) is 0 Å². The molecule has 0 saturated heterocycles. The zero-order chi connectivity index (χ0) is 8.69. The Bertz CT molecular complexity index is 120. The van der Waals surface area contributed by atoms with Crippen molar-refractivity contribution in [3.05, 3.63) is 0 Å². The minimum absolute atomic E-state index is 0.0439. The number of carboxylic acid groups (broad SMARTS) is 1. The highest BCUT2D eigenvalue weighted by atomic mass is 19.1. The first-order valence-electron chi connectivity index (χ1n) is 3.37. The number of hydrogen-bond acceptors (Lipinski definition) is 2. The predicted molar refractivity (Wildman–Crippen MR) is 37.2 cm³/mol. The van der Waals surface area contributed by atoms with Crippen molar-refractivity contribution in [3.8, 4) is 0 Å². The van der Waals surface area contributed by atoms with Gasteiger partial charge in [0.05, 0.1) is 6.04 Å². The minimum atomic E-state index is -1.23. The molecule has 3 N–H and O–H groups in total. The van der Waals surface area contributed by atoms with Gasteiger partial charge in [-0.3, -0.25) is 0 Å². The Morgan fingerprint density at radius 1 is 1.64 bits per heavy atom. The average molecular weight is 165 g/mol.